The maximum atomic E-state index is 9.21. The number of aliphatic hydroxyl groups excluding tert-OH is 2. The minimum absolute atomic E-state index is 0.0135. The van der Waals surface area contributed by atoms with Crippen LogP contribution in [0.25, 0.3) is 0 Å². The zero-order chi connectivity index (χ0) is 20.5. The summed E-state index contributed by atoms with van der Waals surface area (Å²) in [4.78, 5) is 6.53. The second-order valence-corrected chi connectivity index (χ2v) is 6.63. The van der Waals surface area contributed by atoms with Gasteiger partial charge in [-0.1, -0.05) is 13.3 Å². The van der Waals surface area contributed by atoms with Crippen molar-refractivity contribution >= 4 is 22.8 Å². The van der Waals surface area contributed by atoms with E-state index in [1.165, 1.54) is 0 Å². The summed E-state index contributed by atoms with van der Waals surface area (Å²) in [5.74, 6) is 0.550. The van der Waals surface area contributed by atoms with E-state index in [1.54, 1.807) is 12.2 Å². The Morgan fingerprint density at radius 3 is 2.50 bits per heavy atom. The molecule has 5 N–H and O–H groups in total. The van der Waals surface area contributed by atoms with Crippen LogP contribution >= 0.6 is 0 Å². The number of allylic oxidation sites excluding steroid dienone is 2. The molecule has 0 radical (unpaired) electrons. The summed E-state index contributed by atoms with van der Waals surface area (Å²) < 4.78 is 5.72. The fourth-order valence-corrected chi connectivity index (χ4v) is 2.83. The van der Waals surface area contributed by atoms with Gasteiger partial charge in [-0.15, -0.1) is 0 Å². The molecule has 1 aliphatic rings. The summed E-state index contributed by atoms with van der Waals surface area (Å²) in [7, 11) is 0. The summed E-state index contributed by atoms with van der Waals surface area (Å²) in [5, 5.41) is 26.6. The first kappa shape index (κ1) is 21.7. The highest BCUT2D eigenvalue weighted by atomic mass is 16.5. The Hall–Kier alpha value is -2.64. The van der Waals surface area contributed by atoms with Crippen molar-refractivity contribution in [1.29, 1.82) is 5.41 Å². The lowest BCUT2D eigenvalue weighted by Crippen LogP contribution is -2.29. The molecule has 0 atom stereocenters. The molecule has 0 saturated heterocycles. The SMILES string of the molecule is CCCCOC1=CC(=Nc2ccc(N(CCO)CCO)cc2C)C(=N)C=C1N. The summed E-state index contributed by atoms with van der Waals surface area (Å²) in [6, 6.07) is 5.74. The van der Waals surface area contributed by atoms with E-state index in [0.717, 1.165) is 29.8 Å². The molecule has 0 amide bonds. The van der Waals surface area contributed by atoms with E-state index in [4.69, 9.17) is 15.9 Å². The molecule has 7 heteroatoms. The number of nitrogens with two attached hydrogens (primary N) is 1. The Balaban J connectivity index is 2.26. The van der Waals surface area contributed by atoms with Gasteiger partial charge in [-0.05, 0) is 43.2 Å². The first-order valence-electron chi connectivity index (χ1n) is 9.57. The number of ether oxygens (including phenoxy) is 1. The fraction of sp³-hybridized carbons (Fsp3) is 0.429. The number of nitrogens with zero attached hydrogens (tertiary/aromatic N) is 2. The second-order valence-electron chi connectivity index (χ2n) is 6.63. The molecular formula is C21H30N4O3. The number of benzene rings is 1. The molecule has 1 aromatic carbocycles. The number of aliphatic hydroxyl groups is 2. The van der Waals surface area contributed by atoms with Crippen molar-refractivity contribution in [1.82, 2.24) is 0 Å². The zero-order valence-electron chi connectivity index (χ0n) is 16.6. The smallest absolute Gasteiger partial charge is 0.144 e. The number of aryl methyl sites for hydroxylation is 1. The molecule has 0 bridgehead atoms. The van der Waals surface area contributed by atoms with Crippen LogP contribution in [0.2, 0.25) is 0 Å². The van der Waals surface area contributed by atoms with Crippen LogP contribution in [0.5, 0.6) is 0 Å². The molecule has 7 nitrogen and oxygen atoms in total. The number of hydrogen-bond donors (Lipinski definition) is 4. The molecule has 28 heavy (non-hydrogen) atoms. The summed E-state index contributed by atoms with van der Waals surface area (Å²) in [5.41, 5.74) is 9.74. The van der Waals surface area contributed by atoms with E-state index in [-0.39, 0.29) is 18.9 Å². The average molecular weight is 386 g/mol. The summed E-state index contributed by atoms with van der Waals surface area (Å²) >= 11 is 0. The first-order chi connectivity index (χ1) is 13.5. The van der Waals surface area contributed by atoms with Crippen molar-refractivity contribution in [2.45, 2.75) is 26.7 Å². The minimum Gasteiger partial charge on any atom is -0.491 e. The topological polar surface area (TPSA) is 115 Å². The minimum atomic E-state index is 0.0135. The third-order valence-corrected chi connectivity index (χ3v) is 4.41. The van der Waals surface area contributed by atoms with E-state index in [2.05, 4.69) is 11.9 Å². The monoisotopic (exact) mass is 386 g/mol. The molecule has 0 aromatic heterocycles. The Morgan fingerprint density at radius 1 is 1.18 bits per heavy atom. The molecule has 0 saturated carbocycles. The van der Waals surface area contributed by atoms with Crippen molar-refractivity contribution in [2.75, 3.05) is 37.8 Å². The number of unbranched alkanes of at least 4 members (excludes halogenated alkanes) is 1. The lowest BCUT2D eigenvalue weighted by molar-refractivity contribution is 0.215. The van der Waals surface area contributed by atoms with E-state index in [9.17, 15) is 10.2 Å². The molecular weight excluding hydrogens is 356 g/mol. The molecule has 1 aliphatic carbocycles. The Labute approximate surface area is 166 Å². The highest BCUT2D eigenvalue weighted by molar-refractivity contribution is 6.50. The lowest BCUT2D eigenvalue weighted by atomic mass is 10.1. The Bertz CT molecular complexity index is 778. The quantitative estimate of drug-likeness (QED) is 0.364. The van der Waals surface area contributed by atoms with Gasteiger partial charge in [-0.3, -0.25) is 5.41 Å². The van der Waals surface area contributed by atoms with Crippen LogP contribution < -0.4 is 10.6 Å². The standard InChI is InChI=1S/C21H30N4O3/c1-3-4-11-28-21-14-20(17(22)13-18(21)23)24-19-6-5-16(12-15(19)2)25(7-9-26)8-10-27/h5-6,12-14,22,26-27H,3-4,7-11,23H2,1-2H3. The second kappa shape index (κ2) is 10.6. The zero-order valence-corrected chi connectivity index (χ0v) is 16.6. The van der Waals surface area contributed by atoms with Crippen molar-refractivity contribution in [3.05, 3.63) is 47.4 Å². The van der Waals surface area contributed by atoms with Crippen molar-refractivity contribution < 1.29 is 14.9 Å². The first-order valence-corrected chi connectivity index (χ1v) is 9.57. The van der Waals surface area contributed by atoms with Crippen LogP contribution in [0, 0.1) is 12.3 Å². The predicted octanol–water partition coefficient (Wildman–Crippen LogP) is 2.44. The van der Waals surface area contributed by atoms with Crippen LogP contribution in [0.3, 0.4) is 0 Å². The van der Waals surface area contributed by atoms with Gasteiger partial charge in [0.05, 0.1) is 42.6 Å². The predicted molar refractivity (Wildman–Crippen MR) is 114 cm³/mol. The van der Waals surface area contributed by atoms with Crippen molar-refractivity contribution in [3.8, 4) is 0 Å². The van der Waals surface area contributed by atoms with Gasteiger partial charge in [0, 0.05) is 24.9 Å². The van der Waals surface area contributed by atoms with Crippen molar-refractivity contribution in [3.63, 3.8) is 0 Å². The molecule has 0 unspecified atom stereocenters. The maximum absolute atomic E-state index is 9.21. The summed E-state index contributed by atoms with van der Waals surface area (Å²) in [6.07, 6.45) is 5.24. The fourth-order valence-electron chi connectivity index (χ4n) is 2.83. The van der Waals surface area contributed by atoms with Crippen LogP contribution in [0.1, 0.15) is 25.3 Å². The molecule has 0 spiro atoms. The van der Waals surface area contributed by atoms with Crippen LogP contribution in [0.4, 0.5) is 11.4 Å². The van der Waals surface area contributed by atoms with Crippen LogP contribution in [0.15, 0.2) is 46.8 Å². The third kappa shape index (κ3) is 5.68. The van der Waals surface area contributed by atoms with Gasteiger partial charge in [-0.2, -0.15) is 0 Å². The van der Waals surface area contributed by atoms with Gasteiger partial charge in [0.15, 0.2) is 0 Å². The van der Waals surface area contributed by atoms with Gasteiger partial charge in [0.1, 0.15) is 5.76 Å². The van der Waals surface area contributed by atoms with Gasteiger partial charge in [-0.25, -0.2) is 4.99 Å². The number of aliphatic imine (C=N–C) groups is 1. The molecule has 2 rings (SSSR count). The van der Waals surface area contributed by atoms with Gasteiger partial charge < -0.3 is 25.6 Å². The molecule has 0 heterocycles. The maximum Gasteiger partial charge on any atom is 0.144 e. The van der Waals surface area contributed by atoms with E-state index in [1.807, 2.05) is 30.0 Å². The van der Waals surface area contributed by atoms with Crippen LogP contribution in [-0.4, -0.2) is 54.5 Å². The third-order valence-electron chi connectivity index (χ3n) is 4.41. The molecule has 1 aromatic rings. The Morgan fingerprint density at radius 2 is 1.89 bits per heavy atom. The highest BCUT2D eigenvalue weighted by Gasteiger charge is 2.16. The highest BCUT2D eigenvalue weighted by Crippen LogP contribution is 2.26. The van der Waals surface area contributed by atoms with E-state index in [0.29, 0.717) is 36.9 Å². The number of rotatable bonds is 10. The van der Waals surface area contributed by atoms with E-state index >= 15 is 0 Å². The van der Waals surface area contributed by atoms with Gasteiger partial charge in [0.25, 0.3) is 0 Å². The van der Waals surface area contributed by atoms with Gasteiger partial charge >= 0.3 is 0 Å². The average Bonchev–Trinajstić information content (AvgIpc) is 2.66. The van der Waals surface area contributed by atoms with Crippen LogP contribution in [-0.2, 0) is 4.74 Å². The molecule has 0 aliphatic heterocycles. The number of hydrogen-bond acceptors (Lipinski definition) is 7. The Kier molecular flexibility index (Phi) is 8.22. The molecule has 0 fully saturated rings. The number of anilines is 1. The molecule has 152 valence electrons. The normalized spacial score (nSPS) is 15.4. The largest absolute Gasteiger partial charge is 0.491 e. The van der Waals surface area contributed by atoms with E-state index < -0.39 is 0 Å². The lowest BCUT2D eigenvalue weighted by Gasteiger charge is -2.23. The van der Waals surface area contributed by atoms with Crippen molar-refractivity contribution in [2.24, 2.45) is 10.7 Å². The summed E-state index contributed by atoms with van der Waals surface area (Å²) in [6.45, 7) is 5.54. The van der Waals surface area contributed by atoms with Gasteiger partial charge in [0.2, 0.25) is 0 Å². The number of nitrogens with one attached hydrogen (secondary N) is 1.